The van der Waals surface area contributed by atoms with Crippen LogP contribution in [0.2, 0.25) is 0 Å². The van der Waals surface area contributed by atoms with Crippen LogP contribution in [0.4, 0.5) is 0 Å². The second kappa shape index (κ2) is 8.04. The number of carbonyl (C=O) groups excluding carboxylic acids is 1. The van der Waals surface area contributed by atoms with Crippen molar-refractivity contribution in [1.82, 2.24) is 20.5 Å². The van der Waals surface area contributed by atoms with E-state index in [0.29, 0.717) is 12.1 Å². The van der Waals surface area contributed by atoms with Gasteiger partial charge in [-0.3, -0.25) is 14.7 Å². The van der Waals surface area contributed by atoms with E-state index in [1.54, 1.807) is 6.20 Å². The third kappa shape index (κ3) is 4.40. The summed E-state index contributed by atoms with van der Waals surface area (Å²) in [4.78, 5) is 19.0. The minimum absolute atomic E-state index is 0.0196. The quantitative estimate of drug-likeness (QED) is 0.879. The minimum Gasteiger partial charge on any atom is -0.351 e. The Labute approximate surface area is 143 Å². The zero-order valence-corrected chi connectivity index (χ0v) is 14.1. The molecule has 0 radical (unpaired) electrons. The summed E-state index contributed by atoms with van der Waals surface area (Å²) in [5, 5.41) is 6.33. The Hall–Kier alpha value is -2.24. The number of aromatic nitrogens is 1. The summed E-state index contributed by atoms with van der Waals surface area (Å²) in [6.07, 6.45) is 1.81. The van der Waals surface area contributed by atoms with Gasteiger partial charge in [-0.25, -0.2) is 0 Å². The minimum atomic E-state index is -0.0196. The standard InChI is InChI=1S/C19H24N4O/c1-15-6-7-21-18(14-15)16-2-4-17(5-3-16)19(24)22-10-13-23-11-8-20-9-12-23/h2-7,14,20H,8-13H2,1H3,(H,22,24). The van der Waals surface area contributed by atoms with Gasteiger partial charge in [0, 0.05) is 56.6 Å². The van der Waals surface area contributed by atoms with E-state index >= 15 is 0 Å². The molecule has 3 rings (SSSR count). The van der Waals surface area contributed by atoms with Crippen LogP contribution in [0.1, 0.15) is 15.9 Å². The van der Waals surface area contributed by atoms with Gasteiger partial charge in [-0.1, -0.05) is 12.1 Å². The lowest BCUT2D eigenvalue weighted by Crippen LogP contribution is -2.46. The Balaban J connectivity index is 1.53. The molecule has 1 fully saturated rings. The Bertz CT molecular complexity index is 678. The zero-order chi connectivity index (χ0) is 16.8. The van der Waals surface area contributed by atoms with Crippen LogP contribution < -0.4 is 10.6 Å². The maximum Gasteiger partial charge on any atom is 0.251 e. The van der Waals surface area contributed by atoms with E-state index in [4.69, 9.17) is 0 Å². The maximum absolute atomic E-state index is 12.2. The van der Waals surface area contributed by atoms with E-state index in [0.717, 1.165) is 44.0 Å². The summed E-state index contributed by atoms with van der Waals surface area (Å²) < 4.78 is 0. The second-order valence-corrected chi connectivity index (χ2v) is 6.14. The SMILES string of the molecule is Cc1ccnc(-c2ccc(C(=O)NCCN3CCNCC3)cc2)c1. The first-order valence-electron chi connectivity index (χ1n) is 8.47. The highest BCUT2D eigenvalue weighted by Crippen LogP contribution is 2.18. The predicted octanol–water partition coefficient (Wildman–Crippen LogP) is 1.69. The van der Waals surface area contributed by atoms with Gasteiger partial charge in [-0.2, -0.15) is 0 Å². The number of piperazine rings is 1. The fourth-order valence-electron chi connectivity index (χ4n) is 2.85. The average Bonchev–Trinajstić information content (AvgIpc) is 2.63. The van der Waals surface area contributed by atoms with Gasteiger partial charge in [-0.15, -0.1) is 0 Å². The molecule has 1 aromatic carbocycles. The first-order chi connectivity index (χ1) is 11.7. The molecule has 0 bridgehead atoms. The van der Waals surface area contributed by atoms with Crippen molar-refractivity contribution in [2.45, 2.75) is 6.92 Å². The molecule has 24 heavy (non-hydrogen) atoms. The maximum atomic E-state index is 12.2. The topological polar surface area (TPSA) is 57.3 Å². The van der Waals surface area contributed by atoms with Crippen molar-refractivity contribution in [3.8, 4) is 11.3 Å². The van der Waals surface area contributed by atoms with Crippen molar-refractivity contribution in [1.29, 1.82) is 0 Å². The number of hydrogen-bond donors (Lipinski definition) is 2. The van der Waals surface area contributed by atoms with E-state index in [2.05, 4.69) is 20.5 Å². The molecule has 1 saturated heterocycles. The second-order valence-electron chi connectivity index (χ2n) is 6.14. The molecule has 0 aliphatic carbocycles. The van der Waals surface area contributed by atoms with Crippen LogP contribution in [0.3, 0.4) is 0 Å². The Morgan fingerprint density at radius 1 is 1.21 bits per heavy atom. The normalized spacial score (nSPS) is 15.2. The molecule has 0 saturated carbocycles. The predicted molar refractivity (Wildman–Crippen MR) is 96.1 cm³/mol. The van der Waals surface area contributed by atoms with Gasteiger partial charge in [0.05, 0.1) is 5.69 Å². The van der Waals surface area contributed by atoms with Crippen LogP contribution in [0, 0.1) is 6.92 Å². The van der Waals surface area contributed by atoms with E-state index in [-0.39, 0.29) is 5.91 Å². The number of nitrogens with one attached hydrogen (secondary N) is 2. The largest absolute Gasteiger partial charge is 0.351 e. The van der Waals surface area contributed by atoms with Crippen molar-refractivity contribution < 1.29 is 4.79 Å². The van der Waals surface area contributed by atoms with Crippen LogP contribution in [0.25, 0.3) is 11.3 Å². The number of rotatable bonds is 5. The van der Waals surface area contributed by atoms with Crippen molar-refractivity contribution >= 4 is 5.91 Å². The molecule has 5 nitrogen and oxygen atoms in total. The first-order valence-corrected chi connectivity index (χ1v) is 8.47. The van der Waals surface area contributed by atoms with Crippen LogP contribution in [-0.2, 0) is 0 Å². The van der Waals surface area contributed by atoms with Crippen LogP contribution in [-0.4, -0.2) is 55.1 Å². The molecule has 2 aromatic rings. The molecular weight excluding hydrogens is 300 g/mol. The Morgan fingerprint density at radius 3 is 2.67 bits per heavy atom. The van der Waals surface area contributed by atoms with Gasteiger partial charge >= 0.3 is 0 Å². The average molecular weight is 324 g/mol. The van der Waals surface area contributed by atoms with Crippen molar-refractivity contribution in [3.63, 3.8) is 0 Å². The number of aryl methyl sites for hydroxylation is 1. The molecule has 1 aromatic heterocycles. The molecule has 2 heterocycles. The number of benzene rings is 1. The summed E-state index contributed by atoms with van der Waals surface area (Å²) in [6, 6.07) is 11.6. The molecule has 126 valence electrons. The lowest BCUT2D eigenvalue weighted by atomic mass is 10.1. The molecule has 1 aliphatic rings. The Kier molecular flexibility index (Phi) is 5.56. The number of amides is 1. The van der Waals surface area contributed by atoms with Gasteiger partial charge in [-0.05, 0) is 36.8 Å². The molecule has 0 atom stereocenters. The third-order valence-electron chi connectivity index (χ3n) is 4.28. The molecule has 1 aliphatic heterocycles. The van der Waals surface area contributed by atoms with Crippen LogP contribution in [0.5, 0.6) is 0 Å². The molecule has 1 amide bonds. The summed E-state index contributed by atoms with van der Waals surface area (Å²) in [5.41, 5.74) is 3.82. The molecule has 2 N–H and O–H groups in total. The van der Waals surface area contributed by atoms with Crippen LogP contribution in [0.15, 0.2) is 42.6 Å². The number of pyridine rings is 1. The summed E-state index contributed by atoms with van der Waals surface area (Å²) in [7, 11) is 0. The van der Waals surface area contributed by atoms with Crippen molar-refractivity contribution in [3.05, 3.63) is 53.7 Å². The van der Waals surface area contributed by atoms with E-state index < -0.39 is 0 Å². The lowest BCUT2D eigenvalue weighted by Gasteiger charge is -2.27. The fourth-order valence-corrected chi connectivity index (χ4v) is 2.85. The molecule has 0 spiro atoms. The van der Waals surface area contributed by atoms with Gasteiger partial charge in [0.25, 0.3) is 5.91 Å². The van der Waals surface area contributed by atoms with E-state index in [1.807, 2.05) is 43.3 Å². The van der Waals surface area contributed by atoms with Crippen molar-refractivity contribution in [2.24, 2.45) is 0 Å². The van der Waals surface area contributed by atoms with Gasteiger partial charge in [0.2, 0.25) is 0 Å². The summed E-state index contributed by atoms with van der Waals surface area (Å²) >= 11 is 0. The molecule has 0 unspecified atom stereocenters. The van der Waals surface area contributed by atoms with E-state index in [9.17, 15) is 4.79 Å². The monoisotopic (exact) mass is 324 g/mol. The van der Waals surface area contributed by atoms with Gasteiger partial charge in [0.15, 0.2) is 0 Å². The highest BCUT2D eigenvalue weighted by molar-refractivity contribution is 5.94. The third-order valence-corrected chi connectivity index (χ3v) is 4.28. The smallest absolute Gasteiger partial charge is 0.251 e. The zero-order valence-electron chi connectivity index (χ0n) is 14.1. The number of nitrogens with zero attached hydrogens (tertiary/aromatic N) is 2. The first kappa shape index (κ1) is 16.6. The van der Waals surface area contributed by atoms with Gasteiger partial charge in [0.1, 0.15) is 0 Å². The summed E-state index contributed by atoms with van der Waals surface area (Å²) in [6.45, 7) is 7.79. The molecular formula is C19H24N4O. The number of carbonyl (C=O) groups is 1. The fraction of sp³-hybridized carbons (Fsp3) is 0.368. The van der Waals surface area contributed by atoms with Crippen LogP contribution >= 0.6 is 0 Å². The highest BCUT2D eigenvalue weighted by atomic mass is 16.1. The number of hydrogen-bond acceptors (Lipinski definition) is 4. The molecule has 5 heteroatoms. The Morgan fingerprint density at radius 2 is 1.96 bits per heavy atom. The lowest BCUT2D eigenvalue weighted by molar-refractivity contribution is 0.0947. The van der Waals surface area contributed by atoms with Crippen molar-refractivity contribution in [2.75, 3.05) is 39.3 Å². The van der Waals surface area contributed by atoms with E-state index in [1.165, 1.54) is 5.56 Å². The summed E-state index contributed by atoms with van der Waals surface area (Å²) in [5.74, 6) is -0.0196. The van der Waals surface area contributed by atoms with Gasteiger partial charge < -0.3 is 10.6 Å². The highest BCUT2D eigenvalue weighted by Gasteiger charge is 2.10.